The molecule has 17 heavy (non-hydrogen) atoms. The smallest absolute Gasteiger partial charge is 0.274 e. The standard InChI is InChI=1S/C11H13N5O/c1-2-16-7-8(12)6-9(16)10(17)15-11-13-4-3-5-14-11/h3-7H,2,12H2,1H3,(H,13,14,15,17). The van der Waals surface area contributed by atoms with Crippen molar-refractivity contribution in [3.63, 3.8) is 0 Å². The van der Waals surface area contributed by atoms with E-state index >= 15 is 0 Å². The summed E-state index contributed by atoms with van der Waals surface area (Å²) in [7, 11) is 0. The largest absolute Gasteiger partial charge is 0.397 e. The van der Waals surface area contributed by atoms with Crippen molar-refractivity contribution in [1.82, 2.24) is 14.5 Å². The summed E-state index contributed by atoms with van der Waals surface area (Å²) in [6.45, 7) is 2.62. The lowest BCUT2D eigenvalue weighted by Gasteiger charge is -2.05. The Morgan fingerprint density at radius 2 is 2.18 bits per heavy atom. The first-order chi connectivity index (χ1) is 8.20. The molecule has 2 aromatic heterocycles. The molecule has 0 atom stereocenters. The quantitative estimate of drug-likeness (QED) is 0.829. The van der Waals surface area contributed by atoms with Crippen LogP contribution in [0.25, 0.3) is 0 Å². The summed E-state index contributed by atoms with van der Waals surface area (Å²) >= 11 is 0. The van der Waals surface area contributed by atoms with E-state index < -0.39 is 0 Å². The van der Waals surface area contributed by atoms with Gasteiger partial charge in [0.2, 0.25) is 5.95 Å². The van der Waals surface area contributed by atoms with Gasteiger partial charge in [0.1, 0.15) is 5.69 Å². The Morgan fingerprint density at radius 1 is 1.47 bits per heavy atom. The highest BCUT2D eigenvalue weighted by atomic mass is 16.2. The average Bonchev–Trinajstić information content (AvgIpc) is 2.72. The summed E-state index contributed by atoms with van der Waals surface area (Å²) in [5.41, 5.74) is 6.71. The number of nitrogens with one attached hydrogen (secondary N) is 1. The second-order valence-electron chi connectivity index (χ2n) is 3.47. The van der Waals surface area contributed by atoms with Crippen LogP contribution in [0.3, 0.4) is 0 Å². The first kappa shape index (κ1) is 11.1. The van der Waals surface area contributed by atoms with Gasteiger partial charge in [-0.1, -0.05) is 0 Å². The van der Waals surface area contributed by atoms with E-state index in [0.717, 1.165) is 0 Å². The van der Waals surface area contributed by atoms with Crippen LogP contribution in [0.1, 0.15) is 17.4 Å². The van der Waals surface area contributed by atoms with Gasteiger partial charge in [-0.2, -0.15) is 0 Å². The number of carbonyl (C=O) groups excluding carboxylic acids is 1. The second-order valence-corrected chi connectivity index (χ2v) is 3.47. The maximum Gasteiger partial charge on any atom is 0.274 e. The lowest BCUT2D eigenvalue weighted by Crippen LogP contribution is -2.17. The number of hydrogen-bond donors (Lipinski definition) is 2. The van der Waals surface area contributed by atoms with Gasteiger partial charge < -0.3 is 10.3 Å². The first-order valence-electron chi connectivity index (χ1n) is 5.24. The van der Waals surface area contributed by atoms with Gasteiger partial charge >= 0.3 is 0 Å². The van der Waals surface area contributed by atoms with E-state index in [2.05, 4.69) is 15.3 Å². The lowest BCUT2D eigenvalue weighted by molar-refractivity contribution is 0.101. The first-order valence-corrected chi connectivity index (χ1v) is 5.24. The van der Waals surface area contributed by atoms with Crippen LogP contribution in [0.15, 0.2) is 30.7 Å². The van der Waals surface area contributed by atoms with Gasteiger partial charge in [0.25, 0.3) is 5.91 Å². The predicted octanol–water partition coefficient (Wildman–Crippen LogP) is 1.13. The molecule has 2 aromatic rings. The number of aromatic nitrogens is 3. The number of nitrogens with zero attached hydrogens (tertiary/aromatic N) is 3. The minimum Gasteiger partial charge on any atom is -0.397 e. The molecule has 1 amide bonds. The van der Waals surface area contributed by atoms with Crippen LogP contribution in [0.4, 0.5) is 11.6 Å². The van der Waals surface area contributed by atoms with Crippen LogP contribution in [0, 0.1) is 0 Å². The maximum absolute atomic E-state index is 11.9. The molecule has 0 spiro atoms. The molecular formula is C11H13N5O. The molecule has 3 N–H and O–H groups in total. The van der Waals surface area contributed by atoms with Gasteiger partial charge in [0, 0.05) is 25.1 Å². The van der Waals surface area contributed by atoms with Gasteiger partial charge in [-0.25, -0.2) is 9.97 Å². The van der Waals surface area contributed by atoms with Crippen molar-refractivity contribution >= 4 is 17.5 Å². The van der Waals surface area contributed by atoms with Crippen LogP contribution in [-0.2, 0) is 6.54 Å². The molecule has 88 valence electrons. The van der Waals surface area contributed by atoms with Gasteiger partial charge in [0.05, 0.1) is 5.69 Å². The van der Waals surface area contributed by atoms with Crippen molar-refractivity contribution in [3.8, 4) is 0 Å². The molecule has 0 radical (unpaired) electrons. The molecule has 6 nitrogen and oxygen atoms in total. The SMILES string of the molecule is CCn1cc(N)cc1C(=O)Nc1ncccn1. The molecule has 0 saturated carbocycles. The Bertz CT molecular complexity index is 520. The molecule has 0 fully saturated rings. The van der Waals surface area contributed by atoms with Crippen LogP contribution in [0.2, 0.25) is 0 Å². The summed E-state index contributed by atoms with van der Waals surface area (Å²) in [6, 6.07) is 3.31. The average molecular weight is 231 g/mol. The summed E-state index contributed by atoms with van der Waals surface area (Å²) in [4.78, 5) is 19.8. The van der Waals surface area contributed by atoms with Crippen molar-refractivity contribution in [2.24, 2.45) is 0 Å². The van der Waals surface area contributed by atoms with Crippen molar-refractivity contribution < 1.29 is 4.79 Å². The number of nitrogens with two attached hydrogens (primary N) is 1. The van der Waals surface area contributed by atoms with Crippen LogP contribution in [-0.4, -0.2) is 20.4 Å². The number of rotatable bonds is 3. The number of carbonyl (C=O) groups is 1. The molecule has 6 heteroatoms. The molecule has 0 saturated heterocycles. The Morgan fingerprint density at radius 3 is 2.82 bits per heavy atom. The van der Waals surface area contributed by atoms with Crippen molar-refractivity contribution in [2.45, 2.75) is 13.5 Å². The molecule has 0 aliphatic rings. The fourth-order valence-corrected chi connectivity index (χ4v) is 1.51. The summed E-state index contributed by atoms with van der Waals surface area (Å²) in [6.07, 6.45) is 4.85. The topological polar surface area (TPSA) is 85.8 Å². The van der Waals surface area contributed by atoms with E-state index in [-0.39, 0.29) is 11.9 Å². The molecule has 0 unspecified atom stereocenters. The normalized spacial score (nSPS) is 10.2. The minimum atomic E-state index is -0.269. The monoisotopic (exact) mass is 231 g/mol. The van der Waals surface area contributed by atoms with Crippen molar-refractivity contribution in [1.29, 1.82) is 0 Å². The van der Waals surface area contributed by atoms with Gasteiger partial charge in [0.15, 0.2) is 0 Å². The van der Waals surface area contributed by atoms with E-state index in [4.69, 9.17) is 5.73 Å². The number of hydrogen-bond acceptors (Lipinski definition) is 4. The molecule has 0 aromatic carbocycles. The molecule has 2 heterocycles. The van der Waals surface area contributed by atoms with E-state index in [1.807, 2.05) is 6.92 Å². The third-order valence-corrected chi connectivity index (χ3v) is 2.28. The van der Waals surface area contributed by atoms with Crippen LogP contribution < -0.4 is 11.1 Å². The van der Waals surface area contributed by atoms with Crippen molar-refractivity contribution in [3.05, 3.63) is 36.4 Å². The lowest BCUT2D eigenvalue weighted by atomic mass is 10.4. The summed E-state index contributed by atoms with van der Waals surface area (Å²) < 4.78 is 1.77. The Hall–Kier alpha value is -2.37. The Labute approximate surface area is 98.5 Å². The van der Waals surface area contributed by atoms with Crippen LogP contribution in [0.5, 0.6) is 0 Å². The van der Waals surface area contributed by atoms with Gasteiger partial charge in [-0.15, -0.1) is 0 Å². The summed E-state index contributed by atoms with van der Waals surface area (Å²) in [5, 5.41) is 2.61. The minimum absolute atomic E-state index is 0.269. The van der Waals surface area contributed by atoms with Crippen LogP contribution >= 0.6 is 0 Å². The van der Waals surface area contributed by atoms with Gasteiger partial charge in [-0.05, 0) is 19.1 Å². The molecular weight excluding hydrogens is 218 g/mol. The van der Waals surface area contributed by atoms with Gasteiger partial charge in [-0.3, -0.25) is 10.1 Å². The molecule has 0 bridgehead atoms. The zero-order chi connectivity index (χ0) is 12.3. The Kier molecular flexibility index (Phi) is 3.04. The van der Waals surface area contributed by atoms with E-state index in [1.165, 1.54) is 0 Å². The maximum atomic E-state index is 11.9. The number of aryl methyl sites for hydroxylation is 1. The van der Waals surface area contributed by atoms with Crippen molar-refractivity contribution in [2.75, 3.05) is 11.1 Å². The number of anilines is 2. The fraction of sp³-hybridized carbons (Fsp3) is 0.182. The molecule has 2 rings (SSSR count). The van der Waals surface area contributed by atoms with E-state index in [1.54, 1.807) is 35.3 Å². The fourth-order valence-electron chi connectivity index (χ4n) is 1.51. The highest BCUT2D eigenvalue weighted by molar-refractivity contribution is 6.02. The highest BCUT2D eigenvalue weighted by Gasteiger charge is 2.12. The number of nitrogen functional groups attached to an aromatic ring is 1. The molecule has 0 aliphatic carbocycles. The number of amides is 1. The van der Waals surface area contributed by atoms with E-state index in [0.29, 0.717) is 17.9 Å². The second kappa shape index (κ2) is 4.65. The predicted molar refractivity (Wildman–Crippen MR) is 64.5 cm³/mol. The Balaban J connectivity index is 2.20. The van der Waals surface area contributed by atoms with E-state index in [9.17, 15) is 4.79 Å². The highest BCUT2D eigenvalue weighted by Crippen LogP contribution is 2.11. The third kappa shape index (κ3) is 2.41. The third-order valence-electron chi connectivity index (χ3n) is 2.28. The molecule has 0 aliphatic heterocycles. The zero-order valence-corrected chi connectivity index (χ0v) is 9.42. The summed E-state index contributed by atoms with van der Waals surface area (Å²) in [5.74, 6) is 0.00896. The zero-order valence-electron chi connectivity index (χ0n) is 9.42.